The summed E-state index contributed by atoms with van der Waals surface area (Å²) in [5.74, 6) is 0.792. The first-order chi connectivity index (χ1) is 16.5. The molecule has 0 aliphatic carbocycles. The third kappa shape index (κ3) is 4.07. The highest BCUT2D eigenvalue weighted by Gasteiger charge is 2.35. The molecule has 34 heavy (non-hydrogen) atoms. The first-order valence-electron chi connectivity index (χ1n) is 11.7. The number of para-hydroxylation sites is 3. The van der Waals surface area contributed by atoms with E-state index in [0.717, 1.165) is 33.8 Å². The van der Waals surface area contributed by atoms with Crippen molar-refractivity contribution in [2.24, 2.45) is 0 Å². The minimum atomic E-state index is -0.0833. The largest absolute Gasteiger partial charge is 0.318 e. The van der Waals surface area contributed by atoms with Crippen LogP contribution < -0.4 is 9.80 Å². The van der Waals surface area contributed by atoms with Crippen molar-refractivity contribution in [2.75, 3.05) is 22.9 Å². The number of carbonyl (C=O) groups is 2. The van der Waals surface area contributed by atoms with Gasteiger partial charge in [0.15, 0.2) is 0 Å². The maximum absolute atomic E-state index is 13.4. The predicted octanol–water partition coefficient (Wildman–Crippen LogP) is 4.92. The number of benzene rings is 3. The van der Waals surface area contributed by atoms with Crippen molar-refractivity contribution in [1.29, 1.82) is 0 Å². The van der Waals surface area contributed by atoms with Gasteiger partial charge in [0.05, 0.1) is 11.0 Å². The second-order valence-corrected chi connectivity index (χ2v) is 8.76. The van der Waals surface area contributed by atoms with Gasteiger partial charge < -0.3 is 14.4 Å². The average molecular weight is 453 g/mol. The Morgan fingerprint density at radius 2 is 1.79 bits per heavy atom. The molecule has 1 fully saturated rings. The van der Waals surface area contributed by atoms with Crippen molar-refractivity contribution in [3.63, 3.8) is 0 Å². The van der Waals surface area contributed by atoms with Crippen LogP contribution in [0.5, 0.6) is 0 Å². The number of fused-ring (bicyclic) bond motifs is 1. The predicted molar refractivity (Wildman–Crippen MR) is 135 cm³/mol. The van der Waals surface area contributed by atoms with Crippen LogP contribution in [0, 0.1) is 6.92 Å². The molecular formula is C28H28N4O2. The molecule has 1 aliphatic rings. The van der Waals surface area contributed by atoms with Crippen LogP contribution in [0.15, 0.2) is 78.9 Å². The van der Waals surface area contributed by atoms with Crippen molar-refractivity contribution in [2.45, 2.75) is 32.7 Å². The number of amides is 2. The fourth-order valence-corrected chi connectivity index (χ4v) is 4.83. The highest BCUT2D eigenvalue weighted by atomic mass is 16.2. The van der Waals surface area contributed by atoms with Crippen LogP contribution in [0.4, 0.5) is 11.4 Å². The fourth-order valence-electron chi connectivity index (χ4n) is 4.83. The number of imidazole rings is 1. The van der Waals surface area contributed by atoms with Gasteiger partial charge in [-0.15, -0.1) is 0 Å². The molecule has 3 aromatic carbocycles. The summed E-state index contributed by atoms with van der Waals surface area (Å²) in [7, 11) is 0. The second-order valence-electron chi connectivity index (χ2n) is 8.76. The van der Waals surface area contributed by atoms with Crippen molar-refractivity contribution in [1.82, 2.24) is 9.55 Å². The minimum absolute atomic E-state index is 0.00188. The molecule has 0 N–H and O–H groups in total. The van der Waals surface area contributed by atoms with E-state index in [4.69, 9.17) is 4.98 Å². The molecule has 6 heteroatoms. The average Bonchev–Trinajstić information content (AvgIpc) is 3.41. The lowest BCUT2D eigenvalue weighted by molar-refractivity contribution is -0.119. The first-order valence-corrected chi connectivity index (χ1v) is 11.7. The third-order valence-electron chi connectivity index (χ3n) is 6.47. The van der Waals surface area contributed by atoms with Crippen LogP contribution >= 0.6 is 0 Å². The minimum Gasteiger partial charge on any atom is -0.318 e. The van der Waals surface area contributed by atoms with Gasteiger partial charge >= 0.3 is 0 Å². The molecule has 4 aromatic rings. The number of aryl methyl sites for hydroxylation is 1. The summed E-state index contributed by atoms with van der Waals surface area (Å²) in [6, 6.07) is 25.6. The Kier molecular flexibility index (Phi) is 5.88. The molecular weight excluding hydrogens is 424 g/mol. The van der Waals surface area contributed by atoms with Gasteiger partial charge in [-0.3, -0.25) is 9.59 Å². The molecule has 2 amide bonds. The summed E-state index contributed by atoms with van der Waals surface area (Å²) in [5, 5.41) is 0. The number of rotatable bonds is 6. The molecule has 6 nitrogen and oxygen atoms in total. The van der Waals surface area contributed by atoms with E-state index in [1.54, 1.807) is 4.90 Å². The molecule has 5 rings (SSSR count). The van der Waals surface area contributed by atoms with Crippen LogP contribution in [0.3, 0.4) is 0 Å². The van der Waals surface area contributed by atoms with Gasteiger partial charge in [-0.25, -0.2) is 4.98 Å². The monoisotopic (exact) mass is 452 g/mol. The number of anilines is 2. The Hall–Kier alpha value is -3.93. The molecule has 1 aromatic heterocycles. The first kappa shape index (κ1) is 21.9. The van der Waals surface area contributed by atoms with Gasteiger partial charge in [0, 0.05) is 36.8 Å². The van der Waals surface area contributed by atoms with Crippen molar-refractivity contribution in [3.8, 4) is 0 Å². The quantitative estimate of drug-likeness (QED) is 0.417. The smallest absolute Gasteiger partial charge is 0.246 e. The van der Waals surface area contributed by atoms with Crippen molar-refractivity contribution < 1.29 is 9.59 Å². The zero-order valence-corrected chi connectivity index (χ0v) is 19.5. The van der Waals surface area contributed by atoms with Crippen LogP contribution in [-0.4, -0.2) is 34.5 Å². The molecule has 1 aliphatic heterocycles. The Morgan fingerprint density at radius 3 is 2.56 bits per heavy atom. The highest BCUT2D eigenvalue weighted by Crippen LogP contribution is 2.33. The summed E-state index contributed by atoms with van der Waals surface area (Å²) in [6.07, 6.45) is 0.377. The number of carbonyl (C=O) groups excluding carboxylic acids is 2. The Bertz CT molecular complexity index is 1350. The lowest BCUT2D eigenvalue weighted by Gasteiger charge is -2.23. The molecule has 2 heterocycles. The van der Waals surface area contributed by atoms with E-state index in [1.807, 2.05) is 102 Å². The zero-order valence-electron chi connectivity index (χ0n) is 19.5. The number of hydrogen-bond donors (Lipinski definition) is 0. The number of aromatic nitrogens is 2. The summed E-state index contributed by atoms with van der Waals surface area (Å²) < 4.78 is 2.00. The highest BCUT2D eigenvalue weighted by molar-refractivity contribution is 5.97. The standard InChI is InChI=1S/C28H28N4O2/c1-3-30(22-11-5-4-6-12-22)27(34)19-32-25-15-8-7-14-24(25)29-28(32)21-17-26(33)31(18-21)23-13-9-10-20(2)16-23/h4-16,21H,3,17-19H2,1-2H3. The summed E-state index contributed by atoms with van der Waals surface area (Å²) in [4.78, 5) is 34.9. The van der Waals surface area contributed by atoms with E-state index in [-0.39, 0.29) is 24.3 Å². The SMILES string of the molecule is CCN(C(=O)Cn1c(C2CC(=O)N(c3cccc(C)c3)C2)nc2ccccc21)c1ccccc1. The van der Waals surface area contributed by atoms with E-state index >= 15 is 0 Å². The van der Waals surface area contributed by atoms with Gasteiger partial charge in [-0.05, 0) is 55.8 Å². The molecule has 0 saturated carbocycles. The Labute approximate surface area is 199 Å². The lowest BCUT2D eigenvalue weighted by Crippen LogP contribution is -2.34. The molecule has 1 atom stereocenters. The fraction of sp³-hybridized carbons (Fsp3) is 0.250. The third-order valence-corrected chi connectivity index (χ3v) is 6.47. The van der Waals surface area contributed by atoms with Gasteiger partial charge in [-0.2, -0.15) is 0 Å². The Morgan fingerprint density at radius 1 is 1.03 bits per heavy atom. The molecule has 0 spiro atoms. The molecule has 1 unspecified atom stereocenters. The van der Waals surface area contributed by atoms with Gasteiger partial charge in [0.1, 0.15) is 12.4 Å². The maximum Gasteiger partial charge on any atom is 0.246 e. The van der Waals surface area contributed by atoms with Crippen molar-refractivity contribution in [3.05, 3.63) is 90.3 Å². The van der Waals surface area contributed by atoms with Crippen LogP contribution in [-0.2, 0) is 16.1 Å². The number of nitrogens with zero attached hydrogens (tertiary/aromatic N) is 4. The molecule has 1 saturated heterocycles. The molecule has 0 bridgehead atoms. The second kappa shape index (κ2) is 9.14. The van der Waals surface area contributed by atoms with Crippen LogP contribution in [0.1, 0.15) is 30.7 Å². The Balaban J connectivity index is 1.48. The lowest BCUT2D eigenvalue weighted by atomic mass is 10.1. The summed E-state index contributed by atoms with van der Waals surface area (Å²) >= 11 is 0. The van der Waals surface area contributed by atoms with Gasteiger partial charge in [0.2, 0.25) is 11.8 Å². The number of likely N-dealkylation sites (N-methyl/N-ethyl adjacent to an activating group) is 1. The number of hydrogen-bond acceptors (Lipinski definition) is 3. The zero-order chi connectivity index (χ0) is 23.7. The van der Waals surface area contributed by atoms with Crippen molar-refractivity contribution >= 4 is 34.2 Å². The normalized spacial score (nSPS) is 15.8. The maximum atomic E-state index is 13.4. The van der Waals surface area contributed by atoms with E-state index in [2.05, 4.69) is 0 Å². The van der Waals surface area contributed by atoms with E-state index in [0.29, 0.717) is 19.5 Å². The van der Waals surface area contributed by atoms with Crippen LogP contribution in [0.25, 0.3) is 11.0 Å². The molecule has 172 valence electrons. The van der Waals surface area contributed by atoms with E-state index in [9.17, 15) is 9.59 Å². The van der Waals surface area contributed by atoms with E-state index in [1.165, 1.54) is 0 Å². The molecule has 0 radical (unpaired) electrons. The summed E-state index contributed by atoms with van der Waals surface area (Å²) in [5.41, 5.74) is 4.66. The van der Waals surface area contributed by atoms with Gasteiger partial charge in [-0.1, -0.05) is 42.5 Å². The summed E-state index contributed by atoms with van der Waals surface area (Å²) in [6.45, 7) is 5.31. The van der Waals surface area contributed by atoms with Gasteiger partial charge in [0.25, 0.3) is 0 Å². The topological polar surface area (TPSA) is 58.4 Å². The van der Waals surface area contributed by atoms with Crippen LogP contribution in [0.2, 0.25) is 0 Å². The van der Waals surface area contributed by atoms with E-state index < -0.39 is 0 Å².